The maximum Gasteiger partial charge on any atom is 0.319 e. The van der Waals surface area contributed by atoms with Crippen LogP contribution in [0.4, 0.5) is 14.6 Å². The predicted octanol–water partition coefficient (Wildman–Crippen LogP) is 5.62. The molecule has 5 heterocycles. The standard InChI is InChI=1S/C31H33F2N5O3/c1-4-20-22(32)8-7-18-13-19(39)14-21(23(18)20)26-25(33)27-24-28(37(3)17(2)15-40-29(24)34-26)36-30(35-27)41-16-31-9-5-11-38(31)12-6-10-31/h7-8,13-14,17,39H,4-6,9-12,15-16H2,1-3H3/t17-/m0/s1. The summed E-state index contributed by atoms with van der Waals surface area (Å²) in [5.41, 5.74) is 0.615. The van der Waals surface area contributed by atoms with E-state index in [1.54, 1.807) is 12.1 Å². The second-order valence-electron chi connectivity index (χ2n) is 11.6. The fourth-order valence-electron chi connectivity index (χ4n) is 6.92. The van der Waals surface area contributed by atoms with Gasteiger partial charge in [0.1, 0.15) is 47.2 Å². The average molecular weight is 562 g/mol. The number of aryl methyl sites for hydroxylation is 1. The fourth-order valence-corrected chi connectivity index (χ4v) is 6.92. The van der Waals surface area contributed by atoms with Crippen molar-refractivity contribution in [3.8, 4) is 28.9 Å². The predicted molar refractivity (Wildman–Crippen MR) is 153 cm³/mol. The Hall–Kier alpha value is -3.79. The van der Waals surface area contributed by atoms with Gasteiger partial charge in [0.2, 0.25) is 5.88 Å². The van der Waals surface area contributed by atoms with Gasteiger partial charge in [-0.3, -0.25) is 4.90 Å². The molecule has 8 nitrogen and oxygen atoms in total. The van der Waals surface area contributed by atoms with Crippen molar-refractivity contribution in [3.05, 3.63) is 41.5 Å². The van der Waals surface area contributed by atoms with Crippen LogP contribution in [0.25, 0.3) is 32.9 Å². The number of halogens is 2. The molecule has 3 aliphatic rings. The van der Waals surface area contributed by atoms with Crippen LogP contribution in [0.5, 0.6) is 17.6 Å². The molecular formula is C31H33F2N5O3. The van der Waals surface area contributed by atoms with E-state index in [1.165, 1.54) is 12.1 Å². The monoisotopic (exact) mass is 561 g/mol. The largest absolute Gasteiger partial charge is 0.508 e. The minimum atomic E-state index is -0.705. The Labute approximate surface area is 236 Å². The number of aromatic nitrogens is 3. The minimum Gasteiger partial charge on any atom is -0.508 e. The van der Waals surface area contributed by atoms with E-state index in [9.17, 15) is 9.50 Å². The third-order valence-electron chi connectivity index (χ3n) is 9.21. The number of ether oxygens (including phenoxy) is 2. The maximum absolute atomic E-state index is 16.7. The number of benzene rings is 2. The molecule has 2 aromatic heterocycles. The normalized spacial score (nSPS) is 19.9. The zero-order valence-electron chi connectivity index (χ0n) is 23.5. The molecular weight excluding hydrogens is 528 g/mol. The van der Waals surface area contributed by atoms with Crippen LogP contribution in [0.15, 0.2) is 24.3 Å². The van der Waals surface area contributed by atoms with Crippen LogP contribution in [0.3, 0.4) is 0 Å². The third-order valence-corrected chi connectivity index (χ3v) is 9.21. The van der Waals surface area contributed by atoms with Gasteiger partial charge in [-0.1, -0.05) is 13.0 Å². The maximum atomic E-state index is 16.7. The molecule has 1 atom stereocenters. The first-order valence-electron chi connectivity index (χ1n) is 14.4. The number of phenols is 1. The highest BCUT2D eigenvalue weighted by molar-refractivity contribution is 6.03. The van der Waals surface area contributed by atoms with Gasteiger partial charge < -0.3 is 19.5 Å². The lowest BCUT2D eigenvalue weighted by molar-refractivity contribution is 0.108. The van der Waals surface area contributed by atoms with Crippen LogP contribution >= 0.6 is 0 Å². The average Bonchev–Trinajstić information content (AvgIpc) is 3.52. The van der Waals surface area contributed by atoms with E-state index in [0.29, 0.717) is 47.2 Å². The van der Waals surface area contributed by atoms with Crippen molar-refractivity contribution in [2.24, 2.45) is 0 Å². The van der Waals surface area contributed by atoms with Crippen LogP contribution in [0.1, 0.15) is 45.1 Å². The second-order valence-corrected chi connectivity index (χ2v) is 11.6. The molecule has 41 heavy (non-hydrogen) atoms. The van der Waals surface area contributed by atoms with Gasteiger partial charge in [0.05, 0.1) is 11.6 Å². The number of aromatic hydroxyl groups is 1. The highest BCUT2D eigenvalue weighted by Gasteiger charge is 2.45. The molecule has 0 aliphatic carbocycles. The number of fused-ring (bicyclic) bond motifs is 2. The number of nitrogens with zero attached hydrogens (tertiary/aromatic N) is 5. The van der Waals surface area contributed by atoms with Gasteiger partial charge in [0.15, 0.2) is 5.82 Å². The molecule has 0 unspecified atom stereocenters. The summed E-state index contributed by atoms with van der Waals surface area (Å²) in [7, 11) is 1.88. The Bertz CT molecular complexity index is 1690. The Morgan fingerprint density at radius 1 is 1.10 bits per heavy atom. The molecule has 214 valence electrons. The molecule has 2 fully saturated rings. The van der Waals surface area contributed by atoms with E-state index < -0.39 is 11.6 Å². The van der Waals surface area contributed by atoms with Crippen molar-refractivity contribution in [1.82, 2.24) is 19.9 Å². The Balaban J connectivity index is 1.44. The minimum absolute atomic E-state index is 0.0177. The first kappa shape index (κ1) is 26.1. The number of pyridine rings is 1. The molecule has 3 aliphatic heterocycles. The summed E-state index contributed by atoms with van der Waals surface area (Å²) in [5.74, 6) is -0.506. The molecule has 2 aromatic carbocycles. The number of anilines is 1. The Kier molecular flexibility index (Phi) is 6.15. The van der Waals surface area contributed by atoms with Crippen molar-refractivity contribution in [3.63, 3.8) is 0 Å². The van der Waals surface area contributed by atoms with Gasteiger partial charge in [0.25, 0.3) is 0 Å². The number of hydrogen-bond donors (Lipinski definition) is 1. The molecule has 0 bridgehead atoms. The topological polar surface area (TPSA) is 83.8 Å². The SMILES string of the molecule is CCc1c(F)ccc2cc(O)cc(-c3nc4c5c(nc(OCC67CCCN6CCC7)nc5c3F)N(C)[C@@H](C)CO4)c12. The van der Waals surface area contributed by atoms with E-state index in [-0.39, 0.29) is 46.0 Å². The summed E-state index contributed by atoms with van der Waals surface area (Å²) in [5, 5.41) is 12.0. The summed E-state index contributed by atoms with van der Waals surface area (Å²) >= 11 is 0. The number of rotatable bonds is 5. The molecule has 7 rings (SSSR count). The Morgan fingerprint density at radius 2 is 1.88 bits per heavy atom. The molecule has 4 aromatic rings. The first-order valence-corrected chi connectivity index (χ1v) is 14.4. The second kappa shape index (κ2) is 9.65. The molecule has 2 saturated heterocycles. The highest BCUT2D eigenvalue weighted by Crippen LogP contribution is 2.44. The number of phenolic OH excluding ortho intramolecular Hbond substituents is 1. The molecule has 1 N–H and O–H groups in total. The Morgan fingerprint density at radius 3 is 2.63 bits per heavy atom. The van der Waals surface area contributed by atoms with Gasteiger partial charge in [-0.15, -0.1) is 0 Å². The van der Waals surface area contributed by atoms with Crippen molar-refractivity contribution >= 4 is 27.5 Å². The summed E-state index contributed by atoms with van der Waals surface area (Å²) in [6.45, 7) is 6.70. The van der Waals surface area contributed by atoms with Gasteiger partial charge in [-0.2, -0.15) is 9.97 Å². The van der Waals surface area contributed by atoms with Crippen LogP contribution in [-0.4, -0.2) is 69.9 Å². The van der Waals surface area contributed by atoms with E-state index >= 15 is 4.39 Å². The third kappa shape index (κ3) is 4.06. The van der Waals surface area contributed by atoms with E-state index in [0.717, 1.165) is 38.8 Å². The van der Waals surface area contributed by atoms with Crippen molar-refractivity contribution < 1.29 is 23.4 Å². The summed E-state index contributed by atoms with van der Waals surface area (Å²) in [6.07, 6.45) is 4.77. The quantitative estimate of drug-likeness (QED) is 0.337. The van der Waals surface area contributed by atoms with Gasteiger partial charge in [0, 0.05) is 12.6 Å². The van der Waals surface area contributed by atoms with E-state index in [4.69, 9.17) is 14.5 Å². The smallest absolute Gasteiger partial charge is 0.319 e. The number of hydrogen-bond acceptors (Lipinski definition) is 8. The van der Waals surface area contributed by atoms with E-state index in [1.807, 2.05) is 25.8 Å². The van der Waals surface area contributed by atoms with Gasteiger partial charge >= 0.3 is 6.01 Å². The zero-order valence-corrected chi connectivity index (χ0v) is 23.5. The molecule has 0 saturated carbocycles. The lowest BCUT2D eigenvalue weighted by Gasteiger charge is -2.31. The van der Waals surface area contributed by atoms with Crippen LogP contribution in [0.2, 0.25) is 0 Å². The van der Waals surface area contributed by atoms with Crippen LogP contribution in [-0.2, 0) is 6.42 Å². The fraction of sp³-hybridized carbons (Fsp3) is 0.452. The molecule has 0 amide bonds. The molecule has 0 radical (unpaired) electrons. The summed E-state index contributed by atoms with van der Waals surface area (Å²) in [6, 6.07) is 5.92. The molecule has 0 spiro atoms. The van der Waals surface area contributed by atoms with Gasteiger partial charge in [-0.05, 0) is 86.7 Å². The number of likely N-dealkylation sites (N-methyl/N-ethyl adjacent to an activating group) is 1. The van der Waals surface area contributed by atoms with Crippen molar-refractivity contribution in [2.75, 3.05) is 38.3 Å². The summed E-state index contributed by atoms with van der Waals surface area (Å²) < 4.78 is 44.0. The lowest BCUT2D eigenvalue weighted by atomic mass is 9.94. The highest BCUT2D eigenvalue weighted by atomic mass is 19.1. The first-order chi connectivity index (χ1) is 19.8. The van der Waals surface area contributed by atoms with E-state index in [2.05, 4.69) is 14.9 Å². The lowest BCUT2D eigenvalue weighted by Crippen LogP contribution is -2.43. The summed E-state index contributed by atoms with van der Waals surface area (Å²) in [4.78, 5) is 18.4. The van der Waals surface area contributed by atoms with Crippen molar-refractivity contribution in [2.45, 2.75) is 57.5 Å². The van der Waals surface area contributed by atoms with Crippen molar-refractivity contribution in [1.29, 1.82) is 0 Å². The van der Waals surface area contributed by atoms with Crippen LogP contribution < -0.4 is 14.4 Å². The van der Waals surface area contributed by atoms with Gasteiger partial charge in [-0.25, -0.2) is 13.8 Å². The van der Waals surface area contributed by atoms with Crippen LogP contribution in [0, 0.1) is 11.6 Å². The zero-order chi connectivity index (χ0) is 28.5. The molecule has 10 heteroatoms.